The molecule has 0 bridgehead atoms. The number of para-hydroxylation sites is 1. The van der Waals surface area contributed by atoms with Gasteiger partial charge in [0.05, 0.1) is 26.4 Å². The number of benzene rings is 2. The number of aromatic nitrogens is 1. The highest BCUT2D eigenvalue weighted by Crippen LogP contribution is 2.19. The molecule has 9 nitrogen and oxygen atoms in total. The molecule has 0 radical (unpaired) electrons. The van der Waals surface area contributed by atoms with Crippen LogP contribution in [0.25, 0.3) is 10.9 Å². The number of nitrogens with one attached hydrogen (secondary N) is 3. The first-order chi connectivity index (χ1) is 19.0. The molecule has 212 valence electrons. The Labute approximate surface area is 230 Å². The van der Waals surface area contributed by atoms with Crippen molar-refractivity contribution < 1.29 is 24.1 Å². The van der Waals surface area contributed by atoms with Gasteiger partial charge in [0.25, 0.3) is 0 Å². The molecule has 3 aromatic rings. The van der Waals surface area contributed by atoms with E-state index in [1.165, 1.54) is 12.7 Å². The number of hydrogen-bond donors (Lipinski definition) is 4. The highest BCUT2D eigenvalue weighted by Gasteiger charge is 2.28. The van der Waals surface area contributed by atoms with Crippen molar-refractivity contribution in [3.63, 3.8) is 0 Å². The molecule has 39 heavy (non-hydrogen) atoms. The maximum absolute atomic E-state index is 13.6. The van der Waals surface area contributed by atoms with Crippen LogP contribution < -0.4 is 16.4 Å². The fraction of sp³-hybridized carbons (Fsp3) is 0.467. The number of carbonyl (C=O) groups excluding carboxylic acids is 2. The molecular weight excluding hydrogens is 496 g/mol. The second-order valence-corrected chi connectivity index (χ2v) is 9.56. The Balaban J connectivity index is 1.73. The number of nitrogens with two attached hydrogens (primary N) is 1. The van der Waals surface area contributed by atoms with Crippen molar-refractivity contribution >= 4 is 22.8 Å². The van der Waals surface area contributed by atoms with Gasteiger partial charge >= 0.3 is 5.97 Å². The second kappa shape index (κ2) is 16.7. The van der Waals surface area contributed by atoms with Crippen molar-refractivity contribution in [3.8, 4) is 0 Å². The number of amides is 1. The first-order valence-corrected chi connectivity index (χ1v) is 13.7. The Bertz CT molecular complexity index is 1140. The summed E-state index contributed by atoms with van der Waals surface area (Å²) in [5, 5.41) is 7.43. The minimum Gasteiger partial charge on any atom is -0.467 e. The predicted octanol–water partition coefficient (Wildman–Crippen LogP) is 3.42. The van der Waals surface area contributed by atoms with Gasteiger partial charge in [0.15, 0.2) is 0 Å². The smallest absolute Gasteiger partial charge is 0.328 e. The molecule has 0 saturated heterocycles. The minimum atomic E-state index is -0.831. The summed E-state index contributed by atoms with van der Waals surface area (Å²) in [4.78, 5) is 40.1. The topological polar surface area (TPSA) is 128 Å². The number of ether oxygens (including phenoxy) is 1. The van der Waals surface area contributed by atoms with Crippen molar-refractivity contribution in [2.75, 3.05) is 26.9 Å². The van der Waals surface area contributed by atoms with Gasteiger partial charge < -0.3 is 26.1 Å². The standard InChI is InChI=1S/C30H42N4O5/c1-3-38-39-21-24(17-16-22-11-5-4-6-12-22)33-27(15-9-10-18-31)29(35)34-28(30(36)37-2)19-23-20-32-26-14-8-7-13-25(23)26/h4-8,11-14,20,24,27-28,32-33H,3,9-10,15-19,21,31H2,1-2H3,(H,34,35)/t24-,27-,28-/m0/s1. The zero-order valence-corrected chi connectivity index (χ0v) is 23.0. The van der Waals surface area contributed by atoms with E-state index in [4.69, 9.17) is 20.2 Å². The van der Waals surface area contributed by atoms with Crippen molar-refractivity contribution in [3.05, 3.63) is 71.9 Å². The Hall–Kier alpha value is -3.24. The summed E-state index contributed by atoms with van der Waals surface area (Å²) in [6.07, 6.45) is 5.87. The number of rotatable bonds is 18. The van der Waals surface area contributed by atoms with Crippen molar-refractivity contribution in [1.29, 1.82) is 0 Å². The Morgan fingerprint density at radius 2 is 1.74 bits per heavy atom. The molecule has 0 unspecified atom stereocenters. The van der Waals surface area contributed by atoms with E-state index < -0.39 is 18.1 Å². The zero-order chi connectivity index (χ0) is 27.9. The molecule has 1 aromatic heterocycles. The molecule has 3 rings (SSSR count). The highest BCUT2D eigenvalue weighted by atomic mass is 17.2. The maximum atomic E-state index is 13.6. The fourth-order valence-electron chi connectivity index (χ4n) is 4.61. The molecular formula is C30H42N4O5. The van der Waals surface area contributed by atoms with Crippen LogP contribution >= 0.6 is 0 Å². The van der Waals surface area contributed by atoms with Gasteiger partial charge in [-0.05, 0) is 56.3 Å². The summed E-state index contributed by atoms with van der Waals surface area (Å²) >= 11 is 0. The monoisotopic (exact) mass is 538 g/mol. The van der Waals surface area contributed by atoms with Crippen LogP contribution in [0.4, 0.5) is 0 Å². The third kappa shape index (κ3) is 9.78. The van der Waals surface area contributed by atoms with Gasteiger partial charge in [-0.3, -0.25) is 4.79 Å². The van der Waals surface area contributed by atoms with Crippen LogP contribution in [0.15, 0.2) is 60.8 Å². The average molecular weight is 539 g/mol. The van der Waals surface area contributed by atoms with Crippen LogP contribution in [0.5, 0.6) is 0 Å². The van der Waals surface area contributed by atoms with Gasteiger partial charge in [0, 0.05) is 29.6 Å². The minimum absolute atomic E-state index is 0.143. The van der Waals surface area contributed by atoms with E-state index in [1.807, 2.05) is 55.6 Å². The molecule has 2 aromatic carbocycles. The van der Waals surface area contributed by atoms with Gasteiger partial charge in [0.2, 0.25) is 5.91 Å². The van der Waals surface area contributed by atoms with E-state index >= 15 is 0 Å². The van der Waals surface area contributed by atoms with E-state index in [2.05, 4.69) is 27.8 Å². The molecule has 1 amide bonds. The lowest BCUT2D eigenvalue weighted by Crippen LogP contribution is -2.54. The summed E-state index contributed by atoms with van der Waals surface area (Å²) in [6.45, 7) is 3.12. The Morgan fingerprint density at radius 1 is 0.974 bits per heavy atom. The largest absolute Gasteiger partial charge is 0.467 e. The summed E-state index contributed by atoms with van der Waals surface area (Å²) in [7, 11) is 1.33. The molecule has 0 aliphatic carbocycles. The van der Waals surface area contributed by atoms with E-state index in [1.54, 1.807) is 0 Å². The van der Waals surface area contributed by atoms with Gasteiger partial charge in [-0.2, -0.15) is 0 Å². The van der Waals surface area contributed by atoms with Gasteiger partial charge in [-0.15, -0.1) is 0 Å². The lowest BCUT2D eigenvalue weighted by Gasteiger charge is -2.27. The first kappa shape index (κ1) is 30.3. The number of hydrogen-bond acceptors (Lipinski definition) is 7. The van der Waals surface area contributed by atoms with Crippen molar-refractivity contribution in [2.24, 2.45) is 5.73 Å². The molecule has 9 heteroatoms. The van der Waals surface area contributed by atoms with E-state index in [0.717, 1.165) is 42.1 Å². The number of unbranched alkanes of at least 4 members (excludes halogenated alkanes) is 1. The van der Waals surface area contributed by atoms with Crippen LogP contribution in [0, 0.1) is 0 Å². The van der Waals surface area contributed by atoms with E-state index in [0.29, 0.717) is 26.0 Å². The number of H-pyrrole nitrogens is 1. The molecule has 3 atom stereocenters. The van der Waals surface area contributed by atoms with Crippen LogP contribution in [0.2, 0.25) is 0 Å². The van der Waals surface area contributed by atoms with E-state index in [9.17, 15) is 9.59 Å². The maximum Gasteiger partial charge on any atom is 0.328 e. The summed E-state index contributed by atoms with van der Waals surface area (Å²) in [5.41, 5.74) is 8.83. The van der Waals surface area contributed by atoms with Crippen LogP contribution in [-0.2, 0) is 36.9 Å². The molecule has 0 saturated carbocycles. The number of aromatic amines is 1. The summed E-state index contributed by atoms with van der Waals surface area (Å²) < 4.78 is 5.05. The van der Waals surface area contributed by atoms with Crippen LogP contribution in [-0.4, -0.2) is 61.9 Å². The number of esters is 1. The second-order valence-electron chi connectivity index (χ2n) is 9.56. The third-order valence-corrected chi connectivity index (χ3v) is 6.70. The fourth-order valence-corrected chi connectivity index (χ4v) is 4.61. The van der Waals surface area contributed by atoms with Crippen LogP contribution in [0.3, 0.4) is 0 Å². The normalized spacial score (nSPS) is 13.6. The zero-order valence-electron chi connectivity index (χ0n) is 23.0. The summed E-state index contributed by atoms with van der Waals surface area (Å²) in [5.74, 6) is -0.752. The van der Waals surface area contributed by atoms with Gasteiger partial charge in [0.1, 0.15) is 6.04 Å². The first-order valence-electron chi connectivity index (χ1n) is 13.7. The quantitative estimate of drug-likeness (QED) is 0.0846. The van der Waals surface area contributed by atoms with Crippen molar-refractivity contribution in [2.45, 2.75) is 63.6 Å². The molecule has 0 fully saturated rings. The number of carbonyl (C=O) groups is 2. The van der Waals surface area contributed by atoms with Gasteiger partial charge in [-0.1, -0.05) is 55.0 Å². The molecule has 5 N–H and O–H groups in total. The van der Waals surface area contributed by atoms with Crippen molar-refractivity contribution in [1.82, 2.24) is 15.6 Å². The van der Waals surface area contributed by atoms with E-state index in [-0.39, 0.29) is 18.6 Å². The Kier molecular flexibility index (Phi) is 12.9. The Morgan fingerprint density at radius 3 is 2.49 bits per heavy atom. The lowest BCUT2D eigenvalue weighted by molar-refractivity contribution is -0.294. The lowest BCUT2D eigenvalue weighted by atomic mass is 10.0. The molecule has 0 spiro atoms. The average Bonchev–Trinajstić information content (AvgIpc) is 3.37. The molecule has 1 heterocycles. The third-order valence-electron chi connectivity index (χ3n) is 6.70. The molecule has 0 aliphatic rings. The number of aryl methyl sites for hydroxylation is 1. The highest BCUT2D eigenvalue weighted by molar-refractivity contribution is 5.89. The van der Waals surface area contributed by atoms with Crippen LogP contribution in [0.1, 0.15) is 43.7 Å². The van der Waals surface area contributed by atoms with Gasteiger partial charge in [-0.25, -0.2) is 14.6 Å². The SMILES string of the molecule is CCOOC[C@H](CCc1ccccc1)N[C@@H](CCCCN)C(=O)N[C@@H](Cc1c[nH]c2ccccc12)C(=O)OC. The number of fused-ring (bicyclic) bond motifs is 1. The predicted molar refractivity (Wildman–Crippen MR) is 152 cm³/mol. The summed E-state index contributed by atoms with van der Waals surface area (Å²) in [6, 6.07) is 16.5. The number of methoxy groups -OCH3 is 1. The molecule has 0 aliphatic heterocycles.